The number of fused-ring (bicyclic) bond motifs is 5. The predicted molar refractivity (Wildman–Crippen MR) is 149 cm³/mol. The van der Waals surface area contributed by atoms with Gasteiger partial charge in [-0.3, -0.25) is 9.69 Å². The average molecular weight is 501 g/mol. The van der Waals surface area contributed by atoms with Crippen molar-refractivity contribution in [3.63, 3.8) is 0 Å². The van der Waals surface area contributed by atoms with Crippen LogP contribution in [0, 0.1) is 46.3 Å². The first-order valence-electron chi connectivity index (χ1n) is 15.2. The highest BCUT2D eigenvalue weighted by atomic mass is 16.3. The second-order valence-corrected chi connectivity index (χ2v) is 14.6. The quantitative estimate of drug-likeness (QED) is 0.285. The van der Waals surface area contributed by atoms with Crippen LogP contribution in [0.25, 0.3) is 0 Å². The molecule has 1 amide bonds. The van der Waals surface area contributed by atoms with E-state index in [1.54, 1.807) is 0 Å². The third kappa shape index (κ3) is 4.95. The summed E-state index contributed by atoms with van der Waals surface area (Å²) in [4.78, 5) is 15.1. The van der Waals surface area contributed by atoms with Crippen LogP contribution < -0.4 is 5.32 Å². The zero-order chi connectivity index (χ0) is 26.5. The van der Waals surface area contributed by atoms with Gasteiger partial charge in [0.1, 0.15) is 5.60 Å². The first kappa shape index (κ1) is 28.1. The molecule has 9 atom stereocenters. The Bertz CT molecular complexity index is 836. The summed E-state index contributed by atoms with van der Waals surface area (Å²) in [6, 6.07) is 0. The van der Waals surface area contributed by atoms with Crippen molar-refractivity contribution in [3.05, 3.63) is 11.6 Å². The molecule has 206 valence electrons. The molecule has 1 unspecified atom stereocenters. The lowest BCUT2D eigenvalue weighted by Crippen LogP contribution is -2.58. The van der Waals surface area contributed by atoms with Gasteiger partial charge in [0, 0.05) is 6.42 Å². The number of nitrogens with zero attached hydrogens (tertiary/aromatic N) is 1. The van der Waals surface area contributed by atoms with Crippen molar-refractivity contribution in [2.24, 2.45) is 46.3 Å². The van der Waals surface area contributed by atoms with Crippen LogP contribution in [0.15, 0.2) is 11.6 Å². The van der Waals surface area contributed by atoms with Gasteiger partial charge in [-0.15, -0.1) is 0 Å². The number of allylic oxidation sites excluding steroid dienone is 1. The molecule has 0 saturated heterocycles. The molecule has 3 fully saturated rings. The molecule has 0 radical (unpaired) electrons. The summed E-state index contributed by atoms with van der Waals surface area (Å²) in [6.07, 6.45) is 15.2. The number of rotatable bonds is 8. The molecule has 0 bridgehead atoms. The molecule has 0 aromatic carbocycles. The summed E-state index contributed by atoms with van der Waals surface area (Å²) in [5, 5.41) is 14.5. The largest absolute Gasteiger partial charge is 0.380 e. The van der Waals surface area contributed by atoms with Gasteiger partial charge >= 0.3 is 0 Å². The number of hydrogen-bond acceptors (Lipinski definition) is 3. The first-order chi connectivity index (χ1) is 16.8. The molecule has 0 heterocycles. The van der Waals surface area contributed by atoms with E-state index in [1.165, 1.54) is 50.5 Å². The molecule has 4 aliphatic rings. The molecule has 4 rings (SSSR count). The second kappa shape index (κ2) is 10.4. The Morgan fingerprint density at radius 1 is 1.06 bits per heavy atom. The fourth-order valence-electron chi connectivity index (χ4n) is 9.32. The highest BCUT2D eigenvalue weighted by molar-refractivity contribution is 5.85. The molecule has 36 heavy (non-hydrogen) atoms. The molecule has 4 aliphatic carbocycles. The Morgan fingerprint density at radius 3 is 2.44 bits per heavy atom. The van der Waals surface area contributed by atoms with Crippen LogP contribution in [0.2, 0.25) is 0 Å². The minimum absolute atomic E-state index is 0.0846. The highest BCUT2D eigenvalue weighted by Gasteiger charge is 2.60. The highest BCUT2D eigenvalue weighted by Crippen LogP contribution is 2.67. The van der Waals surface area contributed by atoms with Gasteiger partial charge in [-0.25, -0.2) is 0 Å². The number of hydrogen-bond donors (Lipinski definition) is 2. The van der Waals surface area contributed by atoms with E-state index >= 15 is 0 Å². The predicted octanol–water partition coefficient (Wildman–Crippen LogP) is 6.78. The summed E-state index contributed by atoms with van der Waals surface area (Å²) >= 11 is 0. The molecule has 0 aromatic rings. The van der Waals surface area contributed by atoms with E-state index in [4.69, 9.17) is 0 Å². The van der Waals surface area contributed by atoms with Gasteiger partial charge < -0.3 is 10.4 Å². The molecule has 4 nitrogen and oxygen atoms in total. The van der Waals surface area contributed by atoms with E-state index in [2.05, 4.69) is 46.0 Å². The summed E-state index contributed by atoms with van der Waals surface area (Å²) in [7, 11) is 3.90. The lowest BCUT2D eigenvalue weighted by Gasteiger charge is -2.59. The number of aliphatic hydroxyl groups is 1. The van der Waals surface area contributed by atoms with Gasteiger partial charge in [-0.2, -0.15) is 0 Å². The van der Waals surface area contributed by atoms with E-state index in [-0.39, 0.29) is 17.5 Å². The first-order valence-corrected chi connectivity index (χ1v) is 15.2. The lowest BCUT2D eigenvalue weighted by atomic mass is 9.46. The van der Waals surface area contributed by atoms with Crippen molar-refractivity contribution in [1.29, 1.82) is 0 Å². The Balaban J connectivity index is 1.47. The van der Waals surface area contributed by atoms with Crippen LogP contribution in [0.5, 0.6) is 0 Å². The van der Waals surface area contributed by atoms with Crippen LogP contribution in [-0.2, 0) is 4.79 Å². The van der Waals surface area contributed by atoms with E-state index in [0.29, 0.717) is 24.2 Å². The van der Waals surface area contributed by atoms with E-state index in [9.17, 15) is 9.90 Å². The Morgan fingerprint density at radius 2 is 1.78 bits per heavy atom. The molecule has 3 saturated carbocycles. The zero-order valence-corrected chi connectivity index (χ0v) is 24.7. The summed E-state index contributed by atoms with van der Waals surface area (Å²) in [6.45, 7) is 14.4. The molecule has 0 aromatic heterocycles. The molecular weight excluding hydrogens is 444 g/mol. The van der Waals surface area contributed by atoms with Crippen molar-refractivity contribution in [2.75, 3.05) is 14.1 Å². The Kier molecular flexibility index (Phi) is 8.10. The van der Waals surface area contributed by atoms with Crippen LogP contribution in [0.4, 0.5) is 0 Å². The van der Waals surface area contributed by atoms with Crippen LogP contribution >= 0.6 is 0 Å². The number of carbonyl (C=O) groups is 1. The van der Waals surface area contributed by atoms with Gasteiger partial charge in [-0.1, -0.05) is 65.5 Å². The monoisotopic (exact) mass is 500 g/mol. The van der Waals surface area contributed by atoms with Crippen molar-refractivity contribution >= 4 is 5.91 Å². The Hall–Kier alpha value is -0.870. The number of amides is 1. The van der Waals surface area contributed by atoms with Crippen LogP contribution in [0.3, 0.4) is 0 Å². The molecule has 4 heteroatoms. The van der Waals surface area contributed by atoms with Crippen LogP contribution in [0.1, 0.15) is 112 Å². The average Bonchev–Trinajstić information content (AvgIpc) is 3.16. The summed E-state index contributed by atoms with van der Waals surface area (Å²) in [5.74, 6) is 4.67. The number of nitrogens with one attached hydrogen (secondary N) is 1. The second-order valence-electron chi connectivity index (χ2n) is 14.6. The standard InChI is InChI=1S/C32H56N2O2/c1-21(2)10-9-11-22(3)26-14-15-27-25-13-12-24-20-32(36,29(35)33-23(4)34(7)8)19-18-30(24,5)28(25)16-17-31(26,27)6/h12,21-23,25-28,36H,9-11,13-20H2,1-8H3,(H,33,35)/t22-,23?,25+,26-,27+,28+,30+,31-,32-/m1/s1. The maximum atomic E-state index is 13.1. The number of carbonyl (C=O) groups excluding carboxylic acids is 1. The summed E-state index contributed by atoms with van der Waals surface area (Å²) < 4.78 is 0. The van der Waals surface area contributed by atoms with E-state index in [1.807, 2.05) is 25.9 Å². The van der Waals surface area contributed by atoms with Gasteiger partial charge in [0.05, 0.1) is 6.17 Å². The molecule has 0 spiro atoms. The normalized spacial score (nSPS) is 41.8. The third-order valence-corrected chi connectivity index (χ3v) is 11.9. The van der Waals surface area contributed by atoms with Crippen molar-refractivity contribution in [3.8, 4) is 0 Å². The topological polar surface area (TPSA) is 52.6 Å². The Labute approximate surface area is 222 Å². The zero-order valence-electron chi connectivity index (χ0n) is 24.7. The van der Waals surface area contributed by atoms with Crippen LogP contribution in [-0.4, -0.2) is 41.8 Å². The molecule has 2 N–H and O–H groups in total. The molecular formula is C32H56N2O2. The fourth-order valence-corrected chi connectivity index (χ4v) is 9.32. The van der Waals surface area contributed by atoms with E-state index in [0.717, 1.165) is 42.4 Å². The molecule has 0 aliphatic heterocycles. The van der Waals surface area contributed by atoms with E-state index < -0.39 is 5.60 Å². The van der Waals surface area contributed by atoms with Gasteiger partial charge in [-0.05, 0) is 112 Å². The lowest BCUT2D eigenvalue weighted by molar-refractivity contribution is -0.147. The van der Waals surface area contributed by atoms with Gasteiger partial charge in [0.25, 0.3) is 5.91 Å². The summed E-state index contributed by atoms with van der Waals surface area (Å²) in [5.41, 5.74) is 0.739. The maximum absolute atomic E-state index is 13.1. The fraction of sp³-hybridized carbons (Fsp3) is 0.906. The smallest absolute Gasteiger partial charge is 0.253 e. The van der Waals surface area contributed by atoms with Gasteiger partial charge in [0.2, 0.25) is 0 Å². The minimum Gasteiger partial charge on any atom is -0.380 e. The van der Waals surface area contributed by atoms with Crippen molar-refractivity contribution in [2.45, 2.75) is 124 Å². The van der Waals surface area contributed by atoms with Gasteiger partial charge in [0.15, 0.2) is 0 Å². The minimum atomic E-state index is -1.27. The third-order valence-electron chi connectivity index (χ3n) is 11.9. The van der Waals surface area contributed by atoms with Crippen molar-refractivity contribution < 1.29 is 9.90 Å². The SMILES string of the molecule is CC(C)CCC[C@@H](C)[C@H]1CC[C@H]2[C@@H]3CC=C4C[C@@](O)(C(=O)NC(C)N(C)C)CC[C@]4(C)[C@H]3CC[C@]12C. The van der Waals surface area contributed by atoms with Crippen molar-refractivity contribution in [1.82, 2.24) is 10.2 Å². The maximum Gasteiger partial charge on any atom is 0.253 e.